The number of azo groups is 1. The molecule has 0 aliphatic rings. The van der Waals surface area contributed by atoms with Crippen molar-refractivity contribution in [2.45, 2.75) is 0 Å². The highest BCUT2D eigenvalue weighted by molar-refractivity contribution is 6.30. The summed E-state index contributed by atoms with van der Waals surface area (Å²) in [6.07, 6.45) is 0. The van der Waals surface area contributed by atoms with Crippen molar-refractivity contribution in [1.29, 1.82) is 0 Å². The van der Waals surface area contributed by atoms with Gasteiger partial charge in [0.25, 0.3) is 5.69 Å². The van der Waals surface area contributed by atoms with Crippen molar-refractivity contribution < 1.29 is 14.8 Å². The van der Waals surface area contributed by atoms with Gasteiger partial charge in [-0.25, -0.2) is 9.79 Å². The molecule has 0 aromatic heterocycles. The molecule has 0 saturated heterocycles. The maximum atomic E-state index is 11.5. The summed E-state index contributed by atoms with van der Waals surface area (Å²) in [7, 11) is 0. The normalized spacial score (nSPS) is 11.6. The Labute approximate surface area is 170 Å². The molecule has 3 aromatic rings. The number of halogens is 1. The van der Waals surface area contributed by atoms with Gasteiger partial charge in [-0.05, 0) is 48.5 Å². The van der Waals surface area contributed by atoms with E-state index in [0.717, 1.165) is 0 Å². The Balaban J connectivity index is 2.07. The van der Waals surface area contributed by atoms with Crippen molar-refractivity contribution in [1.82, 2.24) is 0 Å². The van der Waals surface area contributed by atoms with Crippen LogP contribution in [0.3, 0.4) is 0 Å². The van der Waals surface area contributed by atoms with Gasteiger partial charge in [0.1, 0.15) is 0 Å². The Kier molecular flexibility index (Phi) is 6.06. The summed E-state index contributed by atoms with van der Waals surface area (Å²) >= 11 is 5.86. The lowest BCUT2D eigenvalue weighted by Gasteiger charge is -2.04. The first kappa shape index (κ1) is 19.8. The first-order valence-electron chi connectivity index (χ1n) is 8.27. The largest absolute Gasteiger partial charge is 0.478 e. The van der Waals surface area contributed by atoms with E-state index in [4.69, 9.17) is 11.6 Å². The number of carboxylic acid groups (broad SMARTS) is 1. The third kappa shape index (κ3) is 5.08. The highest BCUT2D eigenvalue weighted by atomic mass is 35.5. The number of hydrogen-bond acceptors (Lipinski definition) is 5. The van der Waals surface area contributed by atoms with E-state index in [2.05, 4.69) is 15.2 Å². The van der Waals surface area contributed by atoms with Gasteiger partial charge in [0.2, 0.25) is 0 Å². The summed E-state index contributed by atoms with van der Waals surface area (Å²) in [5, 5.41) is 29.0. The predicted octanol–water partition coefficient (Wildman–Crippen LogP) is 5.81. The van der Waals surface area contributed by atoms with Gasteiger partial charge in [-0.3, -0.25) is 10.1 Å². The Hall–Kier alpha value is -3.91. The molecule has 144 valence electrons. The van der Waals surface area contributed by atoms with Crippen LogP contribution in [-0.4, -0.2) is 21.8 Å². The Morgan fingerprint density at radius 1 is 0.966 bits per heavy atom. The average molecular weight is 409 g/mol. The molecule has 0 amide bonds. The zero-order valence-corrected chi connectivity index (χ0v) is 15.5. The van der Waals surface area contributed by atoms with Gasteiger partial charge < -0.3 is 5.11 Å². The minimum absolute atomic E-state index is 0.00592. The molecule has 0 aliphatic carbocycles. The van der Waals surface area contributed by atoms with Gasteiger partial charge >= 0.3 is 5.97 Å². The van der Waals surface area contributed by atoms with Crippen molar-refractivity contribution >= 4 is 40.5 Å². The van der Waals surface area contributed by atoms with Crippen molar-refractivity contribution in [3.8, 4) is 0 Å². The van der Waals surface area contributed by atoms with E-state index >= 15 is 0 Å². The molecule has 0 aliphatic heterocycles. The molecule has 0 bridgehead atoms. The van der Waals surface area contributed by atoms with Crippen molar-refractivity contribution in [3.63, 3.8) is 0 Å². The number of carbonyl (C=O) groups is 1. The van der Waals surface area contributed by atoms with Crippen LogP contribution in [0.4, 0.5) is 17.1 Å². The summed E-state index contributed by atoms with van der Waals surface area (Å²) in [6, 6.07) is 18.4. The maximum Gasteiger partial charge on any atom is 0.337 e. The number of para-hydroxylation sites is 1. The minimum Gasteiger partial charge on any atom is -0.478 e. The number of aliphatic imine (C=N–C) groups is 1. The van der Waals surface area contributed by atoms with Crippen LogP contribution in [-0.2, 0) is 0 Å². The van der Waals surface area contributed by atoms with Crippen LogP contribution in [0.25, 0.3) is 0 Å². The van der Waals surface area contributed by atoms with Crippen LogP contribution in [0, 0.1) is 10.1 Å². The topological polar surface area (TPSA) is 118 Å². The number of nitro benzene ring substituents is 1. The number of nitrogens with zero attached hydrogens (tertiary/aromatic N) is 4. The quantitative estimate of drug-likeness (QED) is 0.188. The fourth-order valence-electron chi connectivity index (χ4n) is 2.36. The van der Waals surface area contributed by atoms with Gasteiger partial charge in [0.15, 0.2) is 5.84 Å². The van der Waals surface area contributed by atoms with Crippen LogP contribution in [0.5, 0.6) is 0 Å². The molecule has 3 rings (SSSR count). The molecule has 1 N–H and O–H groups in total. The molecule has 8 nitrogen and oxygen atoms in total. The van der Waals surface area contributed by atoms with E-state index in [9.17, 15) is 20.0 Å². The second-order valence-corrected chi connectivity index (χ2v) is 6.17. The van der Waals surface area contributed by atoms with Gasteiger partial charge in [-0.15, -0.1) is 10.2 Å². The van der Waals surface area contributed by atoms with Crippen LogP contribution in [0.15, 0.2) is 88.0 Å². The molecule has 3 aromatic carbocycles. The number of aromatic carboxylic acids is 1. The minimum atomic E-state index is -1.14. The fourth-order valence-corrected chi connectivity index (χ4v) is 2.48. The molecule has 29 heavy (non-hydrogen) atoms. The zero-order chi connectivity index (χ0) is 20.8. The monoisotopic (exact) mass is 408 g/mol. The molecular formula is C20H13ClN4O4. The molecule has 0 heterocycles. The van der Waals surface area contributed by atoms with E-state index in [1.165, 1.54) is 36.4 Å². The van der Waals surface area contributed by atoms with E-state index in [1.54, 1.807) is 36.4 Å². The SMILES string of the molecule is O=C(O)c1ccccc1N=C(N=Nc1ccc(Cl)cc1)c1ccc([N+](=O)[O-])cc1. The highest BCUT2D eigenvalue weighted by Crippen LogP contribution is 2.23. The summed E-state index contributed by atoms with van der Waals surface area (Å²) in [5.41, 5.74) is 1.04. The van der Waals surface area contributed by atoms with Gasteiger partial charge in [0, 0.05) is 22.7 Å². The Morgan fingerprint density at radius 2 is 1.62 bits per heavy atom. The van der Waals surface area contributed by atoms with Crippen molar-refractivity contribution in [2.75, 3.05) is 0 Å². The van der Waals surface area contributed by atoms with E-state index in [1.807, 2.05) is 0 Å². The first-order chi connectivity index (χ1) is 13.9. The van der Waals surface area contributed by atoms with Crippen molar-refractivity contribution in [3.05, 3.63) is 99.1 Å². The second-order valence-electron chi connectivity index (χ2n) is 5.74. The number of nitro groups is 1. The molecule has 0 saturated carbocycles. The maximum absolute atomic E-state index is 11.5. The number of benzene rings is 3. The van der Waals surface area contributed by atoms with Crippen LogP contribution in [0.2, 0.25) is 5.02 Å². The molecule has 0 fully saturated rings. The number of amidine groups is 1. The lowest BCUT2D eigenvalue weighted by atomic mass is 10.1. The number of carboxylic acids is 1. The zero-order valence-electron chi connectivity index (χ0n) is 14.8. The predicted molar refractivity (Wildman–Crippen MR) is 109 cm³/mol. The van der Waals surface area contributed by atoms with Crippen LogP contribution >= 0.6 is 11.6 Å². The van der Waals surface area contributed by atoms with Gasteiger partial charge in [0.05, 0.1) is 21.9 Å². The smallest absolute Gasteiger partial charge is 0.337 e. The Bertz CT molecular complexity index is 1110. The third-order valence-corrected chi connectivity index (χ3v) is 4.04. The van der Waals surface area contributed by atoms with E-state index < -0.39 is 10.9 Å². The Morgan fingerprint density at radius 3 is 2.24 bits per heavy atom. The fraction of sp³-hybridized carbons (Fsp3) is 0. The van der Waals surface area contributed by atoms with Crippen molar-refractivity contribution in [2.24, 2.45) is 15.2 Å². The highest BCUT2D eigenvalue weighted by Gasteiger charge is 2.12. The summed E-state index contributed by atoms with van der Waals surface area (Å²) in [6.45, 7) is 0. The van der Waals surface area contributed by atoms with E-state index in [-0.39, 0.29) is 22.8 Å². The van der Waals surface area contributed by atoms with Crippen LogP contribution in [0.1, 0.15) is 15.9 Å². The molecule has 0 radical (unpaired) electrons. The van der Waals surface area contributed by atoms with E-state index in [0.29, 0.717) is 16.3 Å². The number of hydrogen-bond donors (Lipinski definition) is 1. The summed E-state index contributed by atoms with van der Waals surface area (Å²) < 4.78 is 0. The van der Waals surface area contributed by atoms with Gasteiger partial charge in [-0.1, -0.05) is 23.7 Å². The molecule has 0 atom stereocenters. The van der Waals surface area contributed by atoms with Gasteiger partial charge in [-0.2, -0.15) is 0 Å². The molecule has 0 unspecified atom stereocenters. The lowest BCUT2D eigenvalue weighted by Crippen LogP contribution is -2.00. The summed E-state index contributed by atoms with van der Waals surface area (Å²) in [4.78, 5) is 26.2. The average Bonchev–Trinajstić information content (AvgIpc) is 2.72. The standard InChI is InChI=1S/C20H13ClN4O4/c21-14-7-9-15(10-8-14)23-24-19(13-5-11-16(12-6-13)25(28)29)22-18-4-2-1-3-17(18)20(26)27/h1-12H,(H,26,27). The number of rotatable bonds is 5. The third-order valence-electron chi connectivity index (χ3n) is 3.78. The number of non-ortho nitro benzene ring substituents is 1. The molecule has 9 heteroatoms. The molecule has 0 spiro atoms. The van der Waals surface area contributed by atoms with Crippen LogP contribution < -0.4 is 0 Å². The summed E-state index contributed by atoms with van der Waals surface area (Å²) in [5.74, 6) is -1.04. The first-order valence-corrected chi connectivity index (χ1v) is 8.65. The second kappa shape index (κ2) is 8.85. The lowest BCUT2D eigenvalue weighted by molar-refractivity contribution is -0.384. The molecular weight excluding hydrogens is 396 g/mol.